The number of carbonyl (C=O) groups is 2. The van der Waals surface area contributed by atoms with Gasteiger partial charge >= 0.3 is 0 Å². The number of benzene rings is 2. The van der Waals surface area contributed by atoms with Crippen LogP contribution in [0.1, 0.15) is 22.9 Å². The van der Waals surface area contributed by atoms with Gasteiger partial charge in [-0.3, -0.25) is 9.59 Å². The Kier molecular flexibility index (Phi) is 6.14. The second-order valence-electron chi connectivity index (χ2n) is 7.19. The van der Waals surface area contributed by atoms with E-state index in [2.05, 4.69) is 6.58 Å². The van der Waals surface area contributed by atoms with E-state index in [1.807, 2.05) is 0 Å². The first-order chi connectivity index (χ1) is 15.5. The van der Waals surface area contributed by atoms with Gasteiger partial charge in [0.1, 0.15) is 23.9 Å². The summed E-state index contributed by atoms with van der Waals surface area (Å²) in [6, 6.07) is 16.1. The first-order valence-corrected chi connectivity index (χ1v) is 10.3. The van der Waals surface area contributed by atoms with Crippen LogP contribution in [0, 0.1) is 0 Å². The number of Topliss-reactive ketones (excluding diaryl/α,β-unsaturated/α-hetero) is 1. The quantitative estimate of drug-likeness (QED) is 0.234. The molecule has 7 heteroatoms. The van der Waals surface area contributed by atoms with Gasteiger partial charge in [-0.1, -0.05) is 36.4 Å². The maximum Gasteiger partial charge on any atom is 0.296 e. The summed E-state index contributed by atoms with van der Waals surface area (Å²) in [6.45, 7) is 4.01. The fraction of sp³-hybridized carbons (Fsp3) is 0.120. The van der Waals surface area contributed by atoms with E-state index < -0.39 is 17.7 Å². The summed E-state index contributed by atoms with van der Waals surface area (Å²) in [4.78, 5) is 27.4. The van der Waals surface area contributed by atoms with E-state index in [0.717, 1.165) is 0 Å². The third-order valence-electron chi connectivity index (χ3n) is 5.11. The van der Waals surface area contributed by atoms with Crippen molar-refractivity contribution in [3.63, 3.8) is 0 Å². The monoisotopic (exact) mass is 449 g/mol. The Bertz CT molecular complexity index is 1180. The number of furan rings is 1. The van der Waals surface area contributed by atoms with Crippen molar-refractivity contribution in [2.24, 2.45) is 0 Å². The molecule has 1 N–H and O–H groups in total. The van der Waals surface area contributed by atoms with Crippen molar-refractivity contribution in [2.45, 2.75) is 12.6 Å². The fourth-order valence-corrected chi connectivity index (χ4v) is 3.78. The van der Waals surface area contributed by atoms with Crippen molar-refractivity contribution in [1.29, 1.82) is 0 Å². The number of ether oxygens (including phenoxy) is 1. The van der Waals surface area contributed by atoms with E-state index in [4.69, 9.17) is 20.8 Å². The van der Waals surface area contributed by atoms with Crippen LogP contribution >= 0.6 is 11.6 Å². The third kappa shape index (κ3) is 4.18. The highest BCUT2D eigenvalue weighted by atomic mass is 35.5. The molecular weight excluding hydrogens is 430 g/mol. The molecular formula is C25H20ClNO5. The van der Waals surface area contributed by atoms with E-state index in [9.17, 15) is 14.7 Å². The fourth-order valence-electron chi connectivity index (χ4n) is 3.65. The minimum absolute atomic E-state index is 0.00949. The van der Waals surface area contributed by atoms with Crippen LogP contribution < -0.4 is 4.74 Å². The average molecular weight is 450 g/mol. The molecule has 4 rings (SSSR count). The summed E-state index contributed by atoms with van der Waals surface area (Å²) < 4.78 is 11.0. The Morgan fingerprint density at radius 2 is 1.94 bits per heavy atom. The molecule has 2 aromatic carbocycles. The summed E-state index contributed by atoms with van der Waals surface area (Å²) in [5.74, 6) is -0.699. The van der Waals surface area contributed by atoms with Crippen molar-refractivity contribution < 1.29 is 23.8 Å². The number of carbonyl (C=O) groups excluding carboxylic acids is 2. The number of amides is 1. The molecule has 0 saturated carbocycles. The smallest absolute Gasteiger partial charge is 0.296 e. The van der Waals surface area contributed by atoms with Gasteiger partial charge in [-0.25, -0.2) is 0 Å². The molecule has 32 heavy (non-hydrogen) atoms. The van der Waals surface area contributed by atoms with Gasteiger partial charge in [-0.2, -0.15) is 0 Å². The predicted octanol–water partition coefficient (Wildman–Crippen LogP) is 5.12. The van der Waals surface area contributed by atoms with E-state index in [-0.39, 0.29) is 17.9 Å². The molecule has 2 heterocycles. The largest absolute Gasteiger partial charge is 0.507 e. The summed E-state index contributed by atoms with van der Waals surface area (Å²) >= 11 is 5.96. The number of hydrogen-bond donors (Lipinski definition) is 1. The van der Waals surface area contributed by atoms with E-state index >= 15 is 0 Å². The van der Waals surface area contributed by atoms with Gasteiger partial charge in [0.05, 0.1) is 24.4 Å². The molecule has 1 atom stereocenters. The Hall–Kier alpha value is -3.77. The third-order valence-corrected chi connectivity index (χ3v) is 5.36. The van der Waals surface area contributed by atoms with Crippen LogP contribution in [0.25, 0.3) is 5.76 Å². The molecule has 0 aliphatic carbocycles. The van der Waals surface area contributed by atoms with Crippen LogP contribution in [-0.2, 0) is 16.1 Å². The summed E-state index contributed by atoms with van der Waals surface area (Å²) in [5, 5.41) is 11.5. The van der Waals surface area contributed by atoms with Gasteiger partial charge in [0.15, 0.2) is 0 Å². The Balaban J connectivity index is 1.84. The lowest BCUT2D eigenvalue weighted by molar-refractivity contribution is -0.140. The van der Waals surface area contributed by atoms with Crippen molar-refractivity contribution in [3.05, 3.63) is 107 Å². The van der Waals surface area contributed by atoms with Crippen LogP contribution in [0.15, 0.2) is 89.6 Å². The molecule has 1 aliphatic heterocycles. The Morgan fingerprint density at radius 1 is 1.16 bits per heavy atom. The first-order valence-electron chi connectivity index (χ1n) is 9.90. The molecule has 1 unspecified atom stereocenters. The van der Waals surface area contributed by atoms with Crippen molar-refractivity contribution in [3.8, 4) is 5.75 Å². The SMILES string of the molecule is C=CCOc1cccc(C2/C(=C(\O)c3ccc(Cl)cc3)C(=O)C(=O)N2Cc2ccco2)c1. The summed E-state index contributed by atoms with van der Waals surface area (Å²) in [6.07, 6.45) is 3.12. The zero-order valence-corrected chi connectivity index (χ0v) is 17.8. The molecule has 1 amide bonds. The second-order valence-corrected chi connectivity index (χ2v) is 7.62. The Morgan fingerprint density at radius 3 is 2.62 bits per heavy atom. The molecule has 1 saturated heterocycles. The standard InChI is InChI=1S/C25H20ClNO5/c1-2-12-31-19-6-3-5-17(14-19)22-21(23(28)16-8-10-18(26)11-9-16)24(29)25(30)27(22)15-20-7-4-13-32-20/h2-11,13-14,22,28H,1,12,15H2/b23-21+. The molecule has 1 aliphatic rings. The minimum atomic E-state index is -0.831. The second kappa shape index (κ2) is 9.16. The number of rotatable bonds is 7. The summed E-state index contributed by atoms with van der Waals surface area (Å²) in [7, 11) is 0. The number of likely N-dealkylation sites (tertiary alicyclic amines) is 1. The highest BCUT2D eigenvalue weighted by Crippen LogP contribution is 2.41. The summed E-state index contributed by atoms with van der Waals surface area (Å²) in [5.41, 5.74) is 0.993. The number of hydrogen-bond acceptors (Lipinski definition) is 5. The molecule has 6 nitrogen and oxygen atoms in total. The molecule has 1 fully saturated rings. The van der Waals surface area contributed by atoms with Crippen molar-refractivity contribution in [2.75, 3.05) is 6.61 Å². The van der Waals surface area contributed by atoms with Gasteiger partial charge in [0.2, 0.25) is 0 Å². The predicted molar refractivity (Wildman–Crippen MR) is 120 cm³/mol. The van der Waals surface area contributed by atoms with Crippen LogP contribution in [0.2, 0.25) is 5.02 Å². The van der Waals surface area contributed by atoms with Gasteiger partial charge in [0.25, 0.3) is 11.7 Å². The first kappa shape index (κ1) is 21.5. The highest BCUT2D eigenvalue weighted by Gasteiger charge is 2.46. The van der Waals surface area contributed by atoms with Gasteiger partial charge in [0, 0.05) is 10.6 Å². The molecule has 1 aromatic heterocycles. The van der Waals surface area contributed by atoms with Crippen molar-refractivity contribution in [1.82, 2.24) is 4.90 Å². The van der Waals surface area contributed by atoms with Crippen molar-refractivity contribution >= 4 is 29.1 Å². The van der Waals surface area contributed by atoms with Crippen LogP contribution in [0.3, 0.4) is 0 Å². The maximum absolute atomic E-state index is 13.1. The van der Waals surface area contributed by atoms with Crippen LogP contribution in [0.4, 0.5) is 0 Å². The van der Waals surface area contributed by atoms with E-state index in [1.54, 1.807) is 66.7 Å². The molecule has 0 bridgehead atoms. The number of nitrogens with zero attached hydrogens (tertiary/aromatic N) is 1. The normalized spacial score (nSPS) is 17.5. The van der Waals surface area contributed by atoms with Gasteiger partial charge in [-0.05, 0) is 54.1 Å². The molecule has 162 valence electrons. The molecule has 0 spiro atoms. The lowest BCUT2D eigenvalue weighted by Crippen LogP contribution is -2.29. The average Bonchev–Trinajstić information content (AvgIpc) is 3.40. The lowest BCUT2D eigenvalue weighted by atomic mass is 9.95. The van der Waals surface area contributed by atoms with E-state index in [0.29, 0.717) is 34.3 Å². The van der Waals surface area contributed by atoms with Gasteiger partial charge in [-0.15, -0.1) is 0 Å². The number of aliphatic hydroxyl groups is 1. The van der Waals surface area contributed by atoms with Crippen LogP contribution in [-0.4, -0.2) is 28.3 Å². The van der Waals surface area contributed by atoms with E-state index in [1.165, 1.54) is 11.2 Å². The van der Waals surface area contributed by atoms with Crippen LogP contribution in [0.5, 0.6) is 5.75 Å². The van der Waals surface area contributed by atoms with Gasteiger partial charge < -0.3 is 19.2 Å². The number of halogens is 1. The molecule has 0 radical (unpaired) electrons. The zero-order valence-electron chi connectivity index (χ0n) is 17.0. The molecule has 3 aromatic rings. The number of aliphatic hydroxyl groups excluding tert-OH is 1. The highest BCUT2D eigenvalue weighted by molar-refractivity contribution is 6.46. The zero-order chi connectivity index (χ0) is 22.7. The maximum atomic E-state index is 13.1. The lowest BCUT2D eigenvalue weighted by Gasteiger charge is -2.25. The topological polar surface area (TPSA) is 80.0 Å². The number of ketones is 1. The Labute approximate surface area is 190 Å². The minimum Gasteiger partial charge on any atom is -0.507 e.